The van der Waals surface area contributed by atoms with Crippen LogP contribution in [0.25, 0.3) is 0 Å². The third-order valence-corrected chi connectivity index (χ3v) is 3.64. The Hall–Kier alpha value is -2.06. The lowest BCUT2D eigenvalue weighted by molar-refractivity contribution is 0.201. The molecule has 0 amide bonds. The molecule has 0 bridgehead atoms. The number of sulfonamides is 1. The molecule has 1 aromatic carbocycles. The molecule has 0 radical (unpaired) electrons. The van der Waals surface area contributed by atoms with Crippen LogP contribution in [0.1, 0.15) is 0 Å². The van der Waals surface area contributed by atoms with Gasteiger partial charge in [-0.1, -0.05) is 0 Å². The van der Waals surface area contributed by atoms with Crippen molar-refractivity contribution < 1.29 is 18.3 Å². The Morgan fingerprint density at radius 1 is 1.32 bits per heavy atom. The average molecular weight is 283 g/mol. The van der Waals surface area contributed by atoms with E-state index in [1.807, 2.05) is 0 Å². The second-order valence-corrected chi connectivity index (χ2v) is 5.32. The van der Waals surface area contributed by atoms with Crippen LogP contribution in [0.2, 0.25) is 0 Å². The Balaban J connectivity index is 2.12. The molecular formula is C11H13N3O4S. The quantitative estimate of drug-likeness (QED) is 0.719. The van der Waals surface area contributed by atoms with Gasteiger partial charge in [0.1, 0.15) is 12.4 Å². The van der Waals surface area contributed by atoms with E-state index in [-0.39, 0.29) is 18.1 Å². The number of nitrogens with one attached hydrogen (secondary N) is 2. The van der Waals surface area contributed by atoms with Crippen molar-refractivity contribution in [1.29, 1.82) is 0 Å². The summed E-state index contributed by atoms with van der Waals surface area (Å²) < 4.78 is 31.5. The summed E-state index contributed by atoms with van der Waals surface area (Å²) >= 11 is 0. The summed E-state index contributed by atoms with van der Waals surface area (Å²) in [7, 11) is -3.64. The number of hydrogen-bond donors (Lipinski definition) is 3. The first kappa shape index (κ1) is 13.4. The van der Waals surface area contributed by atoms with Crippen molar-refractivity contribution in [3.8, 4) is 5.75 Å². The van der Waals surface area contributed by atoms with Gasteiger partial charge in [0.05, 0.1) is 23.4 Å². The van der Waals surface area contributed by atoms with Crippen LogP contribution >= 0.6 is 0 Å². The van der Waals surface area contributed by atoms with Crippen LogP contribution in [0.3, 0.4) is 0 Å². The van der Waals surface area contributed by atoms with Gasteiger partial charge in [0.15, 0.2) is 0 Å². The summed E-state index contributed by atoms with van der Waals surface area (Å²) in [5.74, 6) is 0.497. The van der Waals surface area contributed by atoms with Crippen LogP contribution in [0.5, 0.6) is 5.75 Å². The first-order chi connectivity index (χ1) is 9.12. The summed E-state index contributed by atoms with van der Waals surface area (Å²) in [6.07, 6.45) is 2.81. The van der Waals surface area contributed by atoms with Gasteiger partial charge in [-0.05, 0) is 24.3 Å². The van der Waals surface area contributed by atoms with E-state index in [0.29, 0.717) is 11.4 Å². The molecule has 0 saturated heterocycles. The predicted octanol–water partition coefficient (Wildman–Crippen LogP) is 0.582. The van der Waals surface area contributed by atoms with Gasteiger partial charge < -0.3 is 9.84 Å². The smallest absolute Gasteiger partial charge is 0.261 e. The van der Waals surface area contributed by atoms with Crippen LogP contribution in [-0.4, -0.2) is 36.9 Å². The maximum atomic E-state index is 12.0. The normalized spacial score (nSPS) is 11.2. The summed E-state index contributed by atoms with van der Waals surface area (Å²) in [5.41, 5.74) is 0.362. The number of aromatic nitrogens is 2. The molecule has 0 aliphatic heterocycles. The van der Waals surface area contributed by atoms with E-state index in [9.17, 15) is 8.42 Å². The van der Waals surface area contributed by atoms with Crippen LogP contribution in [0.15, 0.2) is 41.6 Å². The number of anilines is 1. The fraction of sp³-hybridized carbons (Fsp3) is 0.182. The Labute approximate surface area is 110 Å². The number of H-pyrrole nitrogens is 1. The lowest BCUT2D eigenvalue weighted by atomic mass is 10.3. The molecule has 0 saturated carbocycles. The second kappa shape index (κ2) is 5.72. The average Bonchev–Trinajstić information content (AvgIpc) is 2.89. The molecule has 0 unspecified atom stereocenters. The number of aromatic amines is 1. The van der Waals surface area contributed by atoms with Gasteiger partial charge in [0.25, 0.3) is 10.0 Å². The number of nitrogens with zero attached hydrogens (tertiary/aromatic N) is 1. The predicted molar refractivity (Wildman–Crippen MR) is 68.4 cm³/mol. The molecule has 1 aromatic heterocycles. The third-order valence-electron chi connectivity index (χ3n) is 2.24. The van der Waals surface area contributed by atoms with Crippen LogP contribution < -0.4 is 9.46 Å². The number of aliphatic hydroxyl groups excluding tert-OH is 1. The van der Waals surface area contributed by atoms with Gasteiger partial charge in [0, 0.05) is 6.20 Å². The van der Waals surface area contributed by atoms with Crippen molar-refractivity contribution in [2.75, 3.05) is 17.9 Å². The molecule has 2 rings (SSSR count). The van der Waals surface area contributed by atoms with Crippen molar-refractivity contribution in [2.45, 2.75) is 4.90 Å². The van der Waals surface area contributed by atoms with E-state index < -0.39 is 10.0 Å². The Morgan fingerprint density at radius 2 is 2.05 bits per heavy atom. The van der Waals surface area contributed by atoms with Crippen molar-refractivity contribution in [3.05, 3.63) is 36.7 Å². The molecule has 8 heteroatoms. The summed E-state index contributed by atoms with van der Waals surface area (Å²) in [4.78, 5) is 0.116. The van der Waals surface area contributed by atoms with Crippen LogP contribution in [0, 0.1) is 0 Å². The molecule has 3 N–H and O–H groups in total. The van der Waals surface area contributed by atoms with Gasteiger partial charge in [-0.3, -0.25) is 9.82 Å². The number of aliphatic hydroxyl groups is 1. The molecule has 0 spiro atoms. The zero-order valence-electron chi connectivity index (χ0n) is 9.91. The zero-order valence-corrected chi connectivity index (χ0v) is 10.7. The standard InChI is InChI=1S/C11H13N3O4S/c15-5-6-18-10-1-3-11(4-2-10)19(16,17)14-9-7-12-13-8-9/h1-4,7-8,14-15H,5-6H2,(H,12,13). The van der Waals surface area contributed by atoms with Gasteiger partial charge in [-0.25, -0.2) is 8.42 Å². The minimum absolute atomic E-state index is 0.0951. The van der Waals surface area contributed by atoms with Crippen molar-refractivity contribution in [3.63, 3.8) is 0 Å². The molecule has 1 heterocycles. The lowest BCUT2D eigenvalue weighted by Crippen LogP contribution is -2.12. The van der Waals surface area contributed by atoms with Crippen molar-refractivity contribution in [2.24, 2.45) is 0 Å². The fourth-order valence-electron chi connectivity index (χ4n) is 1.40. The highest BCUT2D eigenvalue weighted by atomic mass is 32.2. The van der Waals surface area contributed by atoms with E-state index >= 15 is 0 Å². The molecule has 2 aromatic rings. The van der Waals surface area contributed by atoms with E-state index in [4.69, 9.17) is 9.84 Å². The number of benzene rings is 1. The van der Waals surface area contributed by atoms with Gasteiger partial charge >= 0.3 is 0 Å². The maximum absolute atomic E-state index is 12.0. The molecule has 0 aliphatic rings. The second-order valence-electron chi connectivity index (χ2n) is 3.64. The first-order valence-corrected chi connectivity index (χ1v) is 6.95. The van der Waals surface area contributed by atoms with Gasteiger partial charge in [0.2, 0.25) is 0 Å². The number of hydrogen-bond acceptors (Lipinski definition) is 5. The monoisotopic (exact) mass is 283 g/mol. The highest BCUT2D eigenvalue weighted by Gasteiger charge is 2.14. The molecular weight excluding hydrogens is 270 g/mol. The highest BCUT2D eigenvalue weighted by molar-refractivity contribution is 7.92. The molecule has 7 nitrogen and oxygen atoms in total. The zero-order chi connectivity index (χ0) is 13.7. The van der Waals surface area contributed by atoms with E-state index in [0.717, 1.165) is 0 Å². The fourth-order valence-corrected chi connectivity index (χ4v) is 2.43. The maximum Gasteiger partial charge on any atom is 0.261 e. The summed E-state index contributed by atoms with van der Waals surface area (Å²) in [5, 5.41) is 14.8. The molecule has 0 aliphatic carbocycles. The van der Waals surface area contributed by atoms with E-state index in [1.165, 1.54) is 36.7 Å². The molecule has 0 atom stereocenters. The lowest BCUT2D eigenvalue weighted by Gasteiger charge is -2.07. The van der Waals surface area contributed by atoms with E-state index in [1.54, 1.807) is 0 Å². The summed E-state index contributed by atoms with van der Waals surface area (Å²) in [6, 6.07) is 5.91. The molecule has 19 heavy (non-hydrogen) atoms. The Bertz CT molecular complexity index is 608. The van der Waals surface area contributed by atoms with Crippen LogP contribution in [0.4, 0.5) is 5.69 Å². The molecule has 102 valence electrons. The highest BCUT2D eigenvalue weighted by Crippen LogP contribution is 2.18. The molecule has 0 fully saturated rings. The largest absolute Gasteiger partial charge is 0.491 e. The Morgan fingerprint density at radius 3 is 2.63 bits per heavy atom. The Kier molecular flexibility index (Phi) is 4.03. The van der Waals surface area contributed by atoms with Crippen molar-refractivity contribution >= 4 is 15.7 Å². The van der Waals surface area contributed by atoms with Crippen LogP contribution in [-0.2, 0) is 10.0 Å². The number of ether oxygens (including phenoxy) is 1. The number of rotatable bonds is 6. The van der Waals surface area contributed by atoms with Gasteiger partial charge in [-0.2, -0.15) is 5.10 Å². The third kappa shape index (κ3) is 3.46. The SMILES string of the molecule is O=S(=O)(Nc1cn[nH]c1)c1ccc(OCCO)cc1. The van der Waals surface area contributed by atoms with Crippen molar-refractivity contribution in [1.82, 2.24) is 10.2 Å². The first-order valence-electron chi connectivity index (χ1n) is 5.47. The summed E-state index contributed by atoms with van der Waals surface area (Å²) in [6.45, 7) is 0.0709. The minimum Gasteiger partial charge on any atom is -0.491 e. The topological polar surface area (TPSA) is 104 Å². The van der Waals surface area contributed by atoms with E-state index in [2.05, 4.69) is 14.9 Å². The minimum atomic E-state index is -3.64. The van der Waals surface area contributed by atoms with Gasteiger partial charge in [-0.15, -0.1) is 0 Å².